The minimum atomic E-state index is -0.891. The number of aliphatic carboxylic acids is 1. The average molecular weight is 319 g/mol. The first-order valence-electron chi connectivity index (χ1n) is 7.89. The number of nitrogens with zero attached hydrogens (tertiary/aromatic N) is 1. The molecule has 5 nitrogen and oxygen atoms in total. The summed E-state index contributed by atoms with van der Waals surface area (Å²) in [4.78, 5) is 26.0. The quantitative estimate of drug-likeness (QED) is 0.905. The summed E-state index contributed by atoms with van der Waals surface area (Å²) in [7, 11) is 1.60. The third-order valence-corrected chi connectivity index (χ3v) is 4.73. The van der Waals surface area contributed by atoms with Crippen LogP contribution in [-0.2, 0) is 19.7 Å². The van der Waals surface area contributed by atoms with Crippen LogP contribution in [0.1, 0.15) is 37.8 Å². The lowest BCUT2D eigenvalue weighted by atomic mass is 9.80. The number of hydrogen-bond acceptors (Lipinski definition) is 3. The van der Waals surface area contributed by atoms with Crippen LogP contribution < -0.4 is 0 Å². The zero-order valence-electron chi connectivity index (χ0n) is 14.2. The molecule has 1 aliphatic heterocycles. The predicted octanol–water partition coefficient (Wildman–Crippen LogP) is 2.36. The van der Waals surface area contributed by atoms with Crippen LogP contribution >= 0.6 is 0 Å². The van der Waals surface area contributed by atoms with E-state index in [1.54, 1.807) is 12.0 Å². The summed E-state index contributed by atoms with van der Waals surface area (Å²) in [6, 6.07) is 7.51. The highest BCUT2D eigenvalue weighted by atomic mass is 16.5. The summed E-state index contributed by atoms with van der Waals surface area (Å²) >= 11 is 0. The first kappa shape index (κ1) is 17.5. The fraction of sp³-hybridized carbons (Fsp3) is 0.556. The number of ether oxygens (including phenoxy) is 1. The lowest BCUT2D eigenvalue weighted by Gasteiger charge is -2.33. The number of amides is 1. The van der Waals surface area contributed by atoms with Crippen LogP contribution in [0.4, 0.5) is 0 Å². The first-order valence-corrected chi connectivity index (χ1v) is 7.89. The molecule has 23 heavy (non-hydrogen) atoms. The van der Waals surface area contributed by atoms with E-state index in [1.165, 1.54) is 0 Å². The molecule has 1 amide bonds. The second-order valence-electron chi connectivity index (χ2n) is 6.74. The Balaban J connectivity index is 2.29. The molecular formula is C18H25NO4. The zero-order valence-corrected chi connectivity index (χ0v) is 14.2. The van der Waals surface area contributed by atoms with Gasteiger partial charge in [0.1, 0.15) is 0 Å². The summed E-state index contributed by atoms with van der Waals surface area (Å²) in [6.07, 6.45) is 0.421. The van der Waals surface area contributed by atoms with Crippen LogP contribution in [0.2, 0.25) is 0 Å². The number of methoxy groups -OCH3 is 1. The number of carbonyl (C=O) groups excluding carboxylic acids is 1. The van der Waals surface area contributed by atoms with E-state index in [2.05, 4.69) is 0 Å². The zero-order chi connectivity index (χ0) is 17.2. The number of benzene rings is 1. The Morgan fingerprint density at radius 3 is 2.57 bits per heavy atom. The molecule has 5 heteroatoms. The number of carboxylic acids is 1. The maximum Gasteiger partial charge on any atom is 0.305 e. The molecule has 126 valence electrons. The second kappa shape index (κ2) is 6.71. The van der Waals surface area contributed by atoms with Gasteiger partial charge in [0.05, 0.1) is 17.9 Å². The third-order valence-electron chi connectivity index (χ3n) is 4.73. The standard InChI is InChI=1S/C18H25NO4/c1-12-7-5-6-8-15(12)18(2,3)17(22)19-11-14(23-4)9-13(19)10-16(20)21/h5-8,13-14H,9-11H2,1-4H3,(H,20,21). The first-order chi connectivity index (χ1) is 10.8. The molecule has 1 heterocycles. The van der Waals surface area contributed by atoms with E-state index in [9.17, 15) is 9.59 Å². The van der Waals surface area contributed by atoms with E-state index in [1.807, 2.05) is 45.0 Å². The predicted molar refractivity (Wildman–Crippen MR) is 87.4 cm³/mol. The van der Waals surface area contributed by atoms with Gasteiger partial charge in [0.2, 0.25) is 5.91 Å². The van der Waals surface area contributed by atoms with Gasteiger partial charge < -0.3 is 14.7 Å². The molecule has 1 saturated heterocycles. The number of carbonyl (C=O) groups is 2. The van der Waals surface area contributed by atoms with Crippen LogP contribution in [0.5, 0.6) is 0 Å². The van der Waals surface area contributed by atoms with E-state index in [-0.39, 0.29) is 24.5 Å². The fourth-order valence-corrected chi connectivity index (χ4v) is 3.44. The van der Waals surface area contributed by atoms with Crippen molar-refractivity contribution in [1.82, 2.24) is 4.90 Å². The van der Waals surface area contributed by atoms with Crippen LogP contribution in [0.25, 0.3) is 0 Å². The topological polar surface area (TPSA) is 66.8 Å². The van der Waals surface area contributed by atoms with Gasteiger partial charge in [-0.15, -0.1) is 0 Å². The Labute approximate surface area is 137 Å². The van der Waals surface area contributed by atoms with E-state index in [0.717, 1.165) is 11.1 Å². The molecule has 0 bridgehead atoms. The fourth-order valence-electron chi connectivity index (χ4n) is 3.44. The smallest absolute Gasteiger partial charge is 0.305 e. The van der Waals surface area contributed by atoms with Gasteiger partial charge >= 0.3 is 5.97 Å². The SMILES string of the molecule is COC1CC(CC(=O)O)N(C(=O)C(C)(C)c2ccccc2C)C1. The molecule has 0 radical (unpaired) electrons. The Kier molecular flexibility index (Phi) is 5.09. The molecule has 0 aromatic heterocycles. The Morgan fingerprint density at radius 1 is 1.35 bits per heavy atom. The molecule has 2 rings (SSSR count). The van der Waals surface area contributed by atoms with Gasteiger partial charge in [-0.1, -0.05) is 24.3 Å². The van der Waals surface area contributed by atoms with Crippen molar-refractivity contribution in [3.63, 3.8) is 0 Å². The van der Waals surface area contributed by atoms with E-state index in [0.29, 0.717) is 13.0 Å². The van der Waals surface area contributed by atoms with Gasteiger partial charge in [-0.3, -0.25) is 9.59 Å². The van der Waals surface area contributed by atoms with Gasteiger partial charge in [-0.05, 0) is 38.3 Å². The van der Waals surface area contributed by atoms with E-state index >= 15 is 0 Å². The molecule has 2 unspecified atom stereocenters. The maximum absolute atomic E-state index is 13.2. The lowest BCUT2D eigenvalue weighted by molar-refractivity contribution is -0.141. The van der Waals surface area contributed by atoms with Crippen molar-refractivity contribution in [3.05, 3.63) is 35.4 Å². The summed E-state index contributed by atoms with van der Waals surface area (Å²) in [6.45, 7) is 6.23. The molecule has 0 spiro atoms. The average Bonchev–Trinajstić information content (AvgIpc) is 2.88. The Bertz CT molecular complexity index is 596. The third kappa shape index (κ3) is 3.55. The summed E-state index contributed by atoms with van der Waals surface area (Å²) < 4.78 is 5.36. The van der Waals surface area contributed by atoms with Crippen molar-refractivity contribution in [2.75, 3.05) is 13.7 Å². The minimum Gasteiger partial charge on any atom is -0.481 e. The Hall–Kier alpha value is -1.88. The molecule has 1 aliphatic rings. The van der Waals surface area contributed by atoms with Gasteiger partial charge in [0.15, 0.2) is 0 Å². The summed E-state index contributed by atoms with van der Waals surface area (Å²) in [5, 5.41) is 9.12. The molecule has 1 aromatic rings. The molecule has 0 aliphatic carbocycles. The van der Waals surface area contributed by atoms with Crippen molar-refractivity contribution in [2.24, 2.45) is 0 Å². The number of rotatable bonds is 5. The van der Waals surface area contributed by atoms with Gasteiger partial charge in [0, 0.05) is 19.7 Å². The second-order valence-corrected chi connectivity index (χ2v) is 6.74. The van der Waals surface area contributed by atoms with Crippen molar-refractivity contribution in [3.8, 4) is 0 Å². The highest BCUT2D eigenvalue weighted by Crippen LogP contribution is 2.33. The number of carboxylic acid groups (broad SMARTS) is 1. The largest absolute Gasteiger partial charge is 0.481 e. The normalized spacial score (nSPS) is 21.5. The maximum atomic E-state index is 13.2. The Morgan fingerprint density at radius 2 is 2.00 bits per heavy atom. The van der Waals surface area contributed by atoms with Crippen LogP contribution in [-0.4, -0.2) is 47.7 Å². The van der Waals surface area contributed by atoms with E-state index in [4.69, 9.17) is 9.84 Å². The molecule has 2 atom stereocenters. The van der Waals surface area contributed by atoms with Crippen molar-refractivity contribution < 1.29 is 19.4 Å². The number of likely N-dealkylation sites (tertiary alicyclic amines) is 1. The van der Waals surface area contributed by atoms with Gasteiger partial charge in [-0.2, -0.15) is 0 Å². The molecule has 0 saturated carbocycles. The molecular weight excluding hydrogens is 294 g/mol. The van der Waals surface area contributed by atoms with Crippen molar-refractivity contribution in [2.45, 2.75) is 51.2 Å². The van der Waals surface area contributed by atoms with Crippen molar-refractivity contribution in [1.29, 1.82) is 0 Å². The molecule has 1 aromatic carbocycles. The molecule has 1 N–H and O–H groups in total. The minimum absolute atomic E-state index is 0.0439. The van der Waals surface area contributed by atoms with Gasteiger partial charge in [0.25, 0.3) is 0 Å². The van der Waals surface area contributed by atoms with Crippen LogP contribution in [0, 0.1) is 6.92 Å². The number of hydrogen-bond donors (Lipinski definition) is 1. The molecule has 1 fully saturated rings. The highest BCUT2D eigenvalue weighted by Gasteiger charge is 2.43. The lowest BCUT2D eigenvalue weighted by Crippen LogP contribution is -2.47. The highest BCUT2D eigenvalue weighted by molar-refractivity contribution is 5.88. The summed E-state index contributed by atoms with van der Waals surface area (Å²) in [5.41, 5.74) is 1.33. The number of aryl methyl sites for hydroxylation is 1. The van der Waals surface area contributed by atoms with Crippen LogP contribution in [0.3, 0.4) is 0 Å². The van der Waals surface area contributed by atoms with Crippen LogP contribution in [0.15, 0.2) is 24.3 Å². The van der Waals surface area contributed by atoms with E-state index < -0.39 is 11.4 Å². The van der Waals surface area contributed by atoms with Gasteiger partial charge in [-0.25, -0.2) is 0 Å². The van der Waals surface area contributed by atoms with Crippen molar-refractivity contribution >= 4 is 11.9 Å². The summed E-state index contributed by atoms with van der Waals surface area (Å²) in [5.74, 6) is -0.934. The monoisotopic (exact) mass is 319 g/mol.